The van der Waals surface area contributed by atoms with Crippen LogP contribution in [0.3, 0.4) is 0 Å². The molecule has 0 saturated carbocycles. The summed E-state index contributed by atoms with van der Waals surface area (Å²) in [5.74, 6) is 0.856. The summed E-state index contributed by atoms with van der Waals surface area (Å²) in [6.45, 7) is 3.95. The van der Waals surface area contributed by atoms with E-state index in [-0.39, 0.29) is 17.8 Å². The third-order valence-corrected chi connectivity index (χ3v) is 5.58. The fourth-order valence-corrected chi connectivity index (χ4v) is 3.85. The number of hydrogen-bond acceptors (Lipinski definition) is 4. The van der Waals surface area contributed by atoms with E-state index in [1.165, 1.54) is 29.3 Å². The summed E-state index contributed by atoms with van der Waals surface area (Å²) < 4.78 is 15.1. The predicted octanol–water partition coefficient (Wildman–Crippen LogP) is 4.45. The molecule has 0 fully saturated rings. The molecule has 1 N–H and O–H groups in total. The molecule has 1 unspecified atom stereocenters. The van der Waals surface area contributed by atoms with Crippen molar-refractivity contribution >= 4 is 23.7 Å². The molecule has 0 aliphatic rings. The molecule has 0 bridgehead atoms. The average Bonchev–Trinajstić information content (AvgIpc) is 3.06. The first kappa shape index (κ1) is 20.8. The minimum absolute atomic E-state index is 0.279. The van der Waals surface area contributed by atoms with Gasteiger partial charge in [-0.1, -0.05) is 48.2 Å². The first-order chi connectivity index (χ1) is 13.9. The topological polar surface area (TPSA) is 59.8 Å². The molecular weight excluding hydrogens is 387 g/mol. The summed E-state index contributed by atoms with van der Waals surface area (Å²) in [6, 6.07) is 14.0. The van der Waals surface area contributed by atoms with Crippen LogP contribution in [-0.4, -0.2) is 20.7 Å². The average molecular weight is 411 g/mol. The van der Waals surface area contributed by atoms with E-state index >= 15 is 0 Å². The van der Waals surface area contributed by atoms with Crippen molar-refractivity contribution in [2.24, 2.45) is 7.05 Å². The van der Waals surface area contributed by atoms with Crippen LogP contribution in [0.4, 0.5) is 4.39 Å². The lowest BCUT2D eigenvalue weighted by molar-refractivity contribution is -0.117. The number of carbonyl (C=O) groups is 1. The summed E-state index contributed by atoms with van der Waals surface area (Å²) in [7, 11) is 1.89. The molecule has 0 spiro atoms. The predicted molar refractivity (Wildman–Crippen MR) is 114 cm³/mol. The van der Waals surface area contributed by atoms with Gasteiger partial charge in [0.25, 0.3) is 0 Å². The molecule has 7 heteroatoms. The highest BCUT2D eigenvalue weighted by Gasteiger charge is 2.17. The van der Waals surface area contributed by atoms with Crippen molar-refractivity contribution in [1.82, 2.24) is 20.1 Å². The first-order valence-corrected chi connectivity index (χ1v) is 10.2. The van der Waals surface area contributed by atoms with Gasteiger partial charge in [-0.05, 0) is 48.7 Å². The van der Waals surface area contributed by atoms with Gasteiger partial charge in [0.2, 0.25) is 5.91 Å². The van der Waals surface area contributed by atoms with Crippen LogP contribution in [0.25, 0.3) is 6.08 Å². The number of thioether (sulfide) groups is 1. The number of nitrogens with one attached hydrogen (secondary N) is 1. The maximum Gasteiger partial charge on any atom is 0.244 e. The number of carbonyl (C=O) groups excluding carboxylic acids is 1. The monoisotopic (exact) mass is 410 g/mol. The summed E-state index contributed by atoms with van der Waals surface area (Å²) in [5.41, 5.74) is 3.13. The van der Waals surface area contributed by atoms with Crippen molar-refractivity contribution in [2.75, 3.05) is 0 Å². The molecule has 1 amide bonds. The second-order valence-corrected chi connectivity index (χ2v) is 7.68. The maximum atomic E-state index is 13.2. The fourth-order valence-electron chi connectivity index (χ4n) is 2.85. The zero-order valence-electron chi connectivity index (χ0n) is 16.6. The molecule has 150 valence electrons. The summed E-state index contributed by atoms with van der Waals surface area (Å²) in [5, 5.41) is 12.2. The number of aryl methyl sites for hydroxylation is 1. The zero-order valence-corrected chi connectivity index (χ0v) is 17.4. The summed E-state index contributed by atoms with van der Waals surface area (Å²) >= 11 is 1.61. The number of amides is 1. The van der Waals surface area contributed by atoms with Crippen LogP contribution in [0, 0.1) is 12.7 Å². The highest BCUT2D eigenvalue weighted by atomic mass is 32.2. The van der Waals surface area contributed by atoms with Gasteiger partial charge in [0.05, 0.1) is 6.04 Å². The van der Waals surface area contributed by atoms with Gasteiger partial charge in [-0.15, -0.1) is 10.2 Å². The minimum Gasteiger partial charge on any atom is -0.343 e. The van der Waals surface area contributed by atoms with Crippen molar-refractivity contribution in [3.8, 4) is 0 Å². The lowest BCUT2D eigenvalue weighted by Crippen LogP contribution is -2.26. The lowest BCUT2D eigenvalue weighted by atomic mass is 10.1. The van der Waals surface area contributed by atoms with Crippen LogP contribution >= 0.6 is 11.8 Å². The molecule has 0 radical (unpaired) electrons. The van der Waals surface area contributed by atoms with Crippen LogP contribution in [0.15, 0.2) is 59.8 Å². The zero-order chi connectivity index (χ0) is 20.8. The molecule has 0 aliphatic carbocycles. The molecule has 0 saturated heterocycles. The number of hydrogen-bond donors (Lipinski definition) is 1. The van der Waals surface area contributed by atoms with Crippen LogP contribution in [0.5, 0.6) is 0 Å². The summed E-state index contributed by atoms with van der Waals surface area (Å²) in [6.07, 6.45) is 2.96. The van der Waals surface area contributed by atoms with E-state index in [2.05, 4.69) is 34.6 Å². The van der Waals surface area contributed by atoms with Crippen molar-refractivity contribution in [3.05, 3.63) is 82.9 Å². The van der Waals surface area contributed by atoms with E-state index in [9.17, 15) is 9.18 Å². The number of nitrogens with zero attached hydrogens (tertiary/aromatic N) is 3. The minimum atomic E-state index is -0.337. The fraction of sp³-hybridized carbons (Fsp3) is 0.227. The van der Waals surface area contributed by atoms with Gasteiger partial charge < -0.3 is 9.88 Å². The molecule has 1 heterocycles. The molecular formula is C22H23FN4OS. The van der Waals surface area contributed by atoms with E-state index in [0.717, 1.165) is 10.9 Å². The Labute approximate surface area is 174 Å². The van der Waals surface area contributed by atoms with Gasteiger partial charge in [0.1, 0.15) is 5.82 Å². The number of aromatic nitrogens is 3. The Bertz CT molecular complexity index is 1030. The SMILES string of the molecule is Cc1ccccc1CSc1nnc(C(C)NC(=O)C=Cc2cccc(F)c2)n1C. The molecule has 3 rings (SSSR count). The highest BCUT2D eigenvalue weighted by molar-refractivity contribution is 7.98. The Morgan fingerprint density at radius 2 is 2.03 bits per heavy atom. The van der Waals surface area contributed by atoms with Crippen molar-refractivity contribution in [2.45, 2.75) is 30.8 Å². The third kappa shape index (κ3) is 5.54. The number of halogens is 1. The Morgan fingerprint density at radius 3 is 2.79 bits per heavy atom. The Hall–Kier alpha value is -2.93. The molecule has 2 aromatic carbocycles. The van der Waals surface area contributed by atoms with E-state index in [1.807, 2.05) is 30.7 Å². The summed E-state index contributed by atoms with van der Waals surface area (Å²) in [4.78, 5) is 12.2. The molecule has 3 aromatic rings. The van der Waals surface area contributed by atoms with Gasteiger partial charge in [-0.25, -0.2) is 4.39 Å². The normalized spacial score (nSPS) is 12.3. The lowest BCUT2D eigenvalue weighted by Gasteiger charge is -2.12. The molecule has 29 heavy (non-hydrogen) atoms. The van der Waals surface area contributed by atoms with Gasteiger partial charge in [0, 0.05) is 18.9 Å². The van der Waals surface area contributed by atoms with E-state index in [0.29, 0.717) is 11.4 Å². The molecule has 0 aliphatic heterocycles. The Balaban J connectivity index is 1.60. The Kier molecular flexibility index (Phi) is 6.82. The van der Waals surface area contributed by atoms with Gasteiger partial charge >= 0.3 is 0 Å². The van der Waals surface area contributed by atoms with Crippen LogP contribution in [0.1, 0.15) is 35.5 Å². The van der Waals surface area contributed by atoms with Gasteiger partial charge in [-0.3, -0.25) is 4.79 Å². The molecule has 1 atom stereocenters. The van der Waals surface area contributed by atoms with Crippen LogP contribution in [-0.2, 0) is 17.6 Å². The Morgan fingerprint density at radius 1 is 1.24 bits per heavy atom. The smallest absolute Gasteiger partial charge is 0.244 e. The van der Waals surface area contributed by atoms with Crippen molar-refractivity contribution in [3.63, 3.8) is 0 Å². The van der Waals surface area contributed by atoms with E-state index in [4.69, 9.17) is 0 Å². The second-order valence-electron chi connectivity index (χ2n) is 6.73. The number of rotatable bonds is 7. The van der Waals surface area contributed by atoms with Gasteiger partial charge in [0.15, 0.2) is 11.0 Å². The molecule has 5 nitrogen and oxygen atoms in total. The standard InChI is InChI=1S/C22H23FN4OS/c1-15-7-4-5-9-18(15)14-29-22-26-25-21(27(22)3)16(2)24-20(28)12-11-17-8-6-10-19(23)13-17/h4-13,16H,14H2,1-3H3,(H,24,28). The largest absolute Gasteiger partial charge is 0.343 e. The molecule has 1 aromatic heterocycles. The quantitative estimate of drug-likeness (QED) is 0.462. The van der Waals surface area contributed by atoms with Crippen molar-refractivity contribution in [1.29, 1.82) is 0 Å². The maximum absolute atomic E-state index is 13.2. The van der Waals surface area contributed by atoms with Gasteiger partial charge in [-0.2, -0.15) is 0 Å². The first-order valence-electron chi connectivity index (χ1n) is 9.25. The third-order valence-electron chi connectivity index (χ3n) is 4.51. The highest BCUT2D eigenvalue weighted by Crippen LogP contribution is 2.24. The van der Waals surface area contributed by atoms with Crippen LogP contribution < -0.4 is 5.32 Å². The van der Waals surface area contributed by atoms with Crippen molar-refractivity contribution < 1.29 is 9.18 Å². The van der Waals surface area contributed by atoms with E-state index in [1.54, 1.807) is 30.0 Å². The van der Waals surface area contributed by atoms with Crippen LogP contribution in [0.2, 0.25) is 0 Å². The second kappa shape index (κ2) is 9.52. The number of benzene rings is 2. The van der Waals surface area contributed by atoms with E-state index < -0.39 is 0 Å².